The lowest BCUT2D eigenvalue weighted by Crippen LogP contribution is -1.95. The SMILES string of the molecule is CC(=O)SCCCCCCOCc1ccccc1. The van der Waals surface area contributed by atoms with Gasteiger partial charge in [-0.2, -0.15) is 0 Å². The standard InChI is InChI=1S/C15H22O2S/c1-14(16)18-12-8-3-2-7-11-17-13-15-9-5-4-6-10-15/h4-6,9-10H,2-3,7-8,11-13H2,1H3. The number of rotatable bonds is 9. The van der Waals surface area contributed by atoms with E-state index in [9.17, 15) is 4.79 Å². The van der Waals surface area contributed by atoms with Crippen LogP contribution >= 0.6 is 11.8 Å². The van der Waals surface area contributed by atoms with E-state index in [1.54, 1.807) is 6.92 Å². The van der Waals surface area contributed by atoms with Gasteiger partial charge in [0.15, 0.2) is 5.12 Å². The molecule has 0 aliphatic rings. The molecule has 3 heteroatoms. The van der Waals surface area contributed by atoms with Gasteiger partial charge in [0.25, 0.3) is 0 Å². The highest BCUT2D eigenvalue weighted by Gasteiger charge is 1.95. The molecular formula is C15H22O2S. The second-order valence-electron chi connectivity index (χ2n) is 4.29. The zero-order valence-corrected chi connectivity index (χ0v) is 11.9. The molecule has 1 aromatic carbocycles. The molecule has 0 spiro atoms. The van der Waals surface area contributed by atoms with Gasteiger partial charge in [-0.3, -0.25) is 4.79 Å². The molecule has 100 valence electrons. The Morgan fingerprint density at radius 3 is 2.56 bits per heavy atom. The van der Waals surface area contributed by atoms with Crippen molar-refractivity contribution >= 4 is 16.9 Å². The second-order valence-corrected chi connectivity index (χ2v) is 5.56. The van der Waals surface area contributed by atoms with Gasteiger partial charge in [-0.25, -0.2) is 0 Å². The molecule has 0 aromatic heterocycles. The maximum atomic E-state index is 10.7. The van der Waals surface area contributed by atoms with Crippen LogP contribution in [0, 0.1) is 0 Å². The quantitative estimate of drug-likeness (QED) is 0.631. The highest BCUT2D eigenvalue weighted by molar-refractivity contribution is 8.13. The number of thioether (sulfide) groups is 1. The molecule has 0 heterocycles. The van der Waals surface area contributed by atoms with E-state index < -0.39 is 0 Å². The smallest absolute Gasteiger partial charge is 0.185 e. The molecule has 1 aromatic rings. The molecule has 0 saturated carbocycles. The van der Waals surface area contributed by atoms with Crippen LogP contribution in [0.3, 0.4) is 0 Å². The predicted octanol–water partition coefficient (Wildman–Crippen LogP) is 4.04. The summed E-state index contributed by atoms with van der Waals surface area (Å²) in [5.41, 5.74) is 1.23. The fourth-order valence-electron chi connectivity index (χ4n) is 1.64. The molecule has 0 aliphatic heterocycles. The Balaban J connectivity index is 1.86. The summed E-state index contributed by atoms with van der Waals surface area (Å²) in [5.74, 6) is 0.959. The van der Waals surface area contributed by atoms with Crippen molar-refractivity contribution in [2.75, 3.05) is 12.4 Å². The normalized spacial score (nSPS) is 10.5. The number of carbonyl (C=O) groups excluding carboxylic acids is 1. The number of hydrogen-bond donors (Lipinski definition) is 0. The van der Waals surface area contributed by atoms with Gasteiger partial charge >= 0.3 is 0 Å². The predicted molar refractivity (Wildman–Crippen MR) is 77.7 cm³/mol. The first kappa shape index (κ1) is 15.3. The minimum absolute atomic E-state index is 0.223. The molecule has 0 bridgehead atoms. The lowest BCUT2D eigenvalue weighted by Gasteiger charge is -2.04. The summed E-state index contributed by atoms with van der Waals surface area (Å²) in [7, 11) is 0. The van der Waals surface area contributed by atoms with E-state index in [4.69, 9.17) is 4.74 Å². The van der Waals surface area contributed by atoms with Crippen LogP contribution in [0.1, 0.15) is 38.2 Å². The zero-order valence-electron chi connectivity index (χ0n) is 11.1. The highest BCUT2D eigenvalue weighted by atomic mass is 32.2. The van der Waals surface area contributed by atoms with Crippen molar-refractivity contribution in [3.63, 3.8) is 0 Å². The summed E-state index contributed by atoms with van der Waals surface area (Å²) in [6, 6.07) is 10.2. The van der Waals surface area contributed by atoms with Crippen LogP contribution in [0.5, 0.6) is 0 Å². The Bertz CT molecular complexity index is 325. The average Bonchev–Trinajstić information content (AvgIpc) is 2.37. The first-order chi connectivity index (χ1) is 8.79. The van der Waals surface area contributed by atoms with Crippen molar-refractivity contribution in [2.24, 2.45) is 0 Å². The molecule has 0 radical (unpaired) electrons. The molecule has 0 unspecified atom stereocenters. The van der Waals surface area contributed by atoms with Gasteiger partial charge in [0.2, 0.25) is 0 Å². The molecular weight excluding hydrogens is 244 g/mol. The van der Waals surface area contributed by atoms with Gasteiger partial charge < -0.3 is 4.74 Å². The van der Waals surface area contributed by atoms with Crippen molar-refractivity contribution in [1.82, 2.24) is 0 Å². The third-order valence-electron chi connectivity index (χ3n) is 2.60. The van der Waals surface area contributed by atoms with E-state index in [0.717, 1.165) is 25.2 Å². The van der Waals surface area contributed by atoms with Crippen molar-refractivity contribution in [2.45, 2.75) is 39.2 Å². The maximum Gasteiger partial charge on any atom is 0.185 e. The van der Waals surface area contributed by atoms with Crippen molar-refractivity contribution < 1.29 is 9.53 Å². The van der Waals surface area contributed by atoms with E-state index in [0.29, 0.717) is 6.61 Å². The highest BCUT2D eigenvalue weighted by Crippen LogP contribution is 2.08. The Morgan fingerprint density at radius 1 is 1.11 bits per heavy atom. The van der Waals surface area contributed by atoms with Crippen LogP contribution in [0.2, 0.25) is 0 Å². The van der Waals surface area contributed by atoms with E-state index in [1.807, 2.05) is 18.2 Å². The molecule has 0 atom stereocenters. The molecule has 18 heavy (non-hydrogen) atoms. The average molecular weight is 266 g/mol. The van der Waals surface area contributed by atoms with E-state index in [1.165, 1.54) is 30.2 Å². The minimum Gasteiger partial charge on any atom is -0.377 e. The largest absolute Gasteiger partial charge is 0.377 e. The second kappa shape index (κ2) is 10.2. The molecule has 0 fully saturated rings. The van der Waals surface area contributed by atoms with Gasteiger partial charge in [-0.05, 0) is 18.4 Å². The van der Waals surface area contributed by atoms with E-state index in [-0.39, 0.29) is 5.12 Å². The van der Waals surface area contributed by atoms with Gasteiger partial charge in [0.05, 0.1) is 6.61 Å². The van der Waals surface area contributed by atoms with Crippen LogP contribution < -0.4 is 0 Å². The van der Waals surface area contributed by atoms with Crippen LogP contribution in [0.25, 0.3) is 0 Å². The van der Waals surface area contributed by atoms with E-state index >= 15 is 0 Å². The fourth-order valence-corrected chi connectivity index (χ4v) is 2.28. The first-order valence-electron chi connectivity index (χ1n) is 6.54. The molecule has 0 amide bonds. The Morgan fingerprint density at radius 2 is 1.83 bits per heavy atom. The zero-order chi connectivity index (χ0) is 13.1. The number of hydrogen-bond acceptors (Lipinski definition) is 3. The van der Waals surface area contributed by atoms with Crippen LogP contribution in [-0.4, -0.2) is 17.5 Å². The molecule has 0 saturated heterocycles. The van der Waals surface area contributed by atoms with Crippen molar-refractivity contribution in [3.8, 4) is 0 Å². The summed E-state index contributed by atoms with van der Waals surface area (Å²) in [4.78, 5) is 10.7. The third-order valence-corrected chi connectivity index (χ3v) is 3.50. The van der Waals surface area contributed by atoms with E-state index in [2.05, 4.69) is 12.1 Å². The number of carbonyl (C=O) groups is 1. The minimum atomic E-state index is 0.223. The van der Waals surface area contributed by atoms with Gasteiger partial charge in [0.1, 0.15) is 0 Å². The number of ether oxygens (including phenoxy) is 1. The summed E-state index contributed by atoms with van der Waals surface area (Å²) in [6.07, 6.45) is 4.61. The lowest BCUT2D eigenvalue weighted by molar-refractivity contribution is -0.109. The maximum absolute atomic E-state index is 10.7. The van der Waals surface area contributed by atoms with Crippen molar-refractivity contribution in [1.29, 1.82) is 0 Å². The van der Waals surface area contributed by atoms with Gasteiger partial charge in [-0.1, -0.05) is 54.9 Å². The summed E-state index contributed by atoms with van der Waals surface area (Å²) in [5, 5.41) is 0.223. The fraction of sp³-hybridized carbons (Fsp3) is 0.533. The Hall–Kier alpha value is -0.800. The molecule has 2 nitrogen and oxygen atoms in total. The number of unbranched alkanes of at least 4 members (excludes halogenated alkanes) is 3. The Labute approximate surface area is 114 Å². The third kappa shape index (κ3) is 8.31. The topological polar surface area (TPSA) is 26.3 Å². The molecule has 0 aliphatic carbocycles. The monoisotopic (exact) mass is 266 g/mol. The van der Waals surface area contributed by atoms with Crippen molar-refractivity contribution in [3.05, 3.63) is 35.9 Å². The summed E-state index contributed by atoms with van der Waals surface area (Å²) < 4.78 is 5.61. The van der Waals surface area contributed by atoms with Crippen LogP contribution in [0.15, 0.2) is 30.3 Å². The van der Waals surface area contributed by atoms with Gasteiger partial charge in [-0.15, -0.1) is 0 Å². The first-order valence-corrected chi connectivity index (χ1v) is 7.52. The lowest BCUT2D eigenvalue weighted by atomic mass is 10.2. The van der Waals surface area contributed by atoms with Gasteiger partial charge in [0, 0.05) is 19.3 Å². The summed E-state index contributed by atoms with van der Waals surface area (Å²) >= 11 is 1.43. The van der Waals surface area contributed by atoms with Crippen LogP contribution in [0.4, 0.5) is 0 Å². The number of benzene rings is 1. The Kier molecular flexibility index (Phi) is 8.61. The van der Waals surface area contributed by atoms with Crippen LogP contribution in [-0.2, 0) is 16.1 Å². The molecule has 0 N–H and O–H groups in total. The molecule has 1 rings (SSSR count). The summed E-state index contributed by atoms with van der Waals surface area (Å²) in [6.45, 7) is 3.16.